The smallest absolute Gasteiger partial charge is 0.156 e. The van der Waals surface area contributed by atoms with Crippen LogP contribution in [-0.2, 0) is 4.74 Å². The van der Waals surface area contributed by atoms with Gasteiger partial charge in [-0.15, -0.1) is 0 Å². The van der Waals surface area contributed by atoms with E-state index in [4.69, 9.17) is 9.84 Å². The Balaban J connectivity index is 1.62. The van der Waals surface area contributed by atoms with E-state index in [9.17, 15) is 0 Å². The molecule has 4 nitrogen and oxygen atoms in total. The van der Waals surface area contributed by atoms with E-state index in [-0.39, 0.29) is 0 Å². The Kier molecular flexibility index (Phi) is 3.75. The summed E-state index contributed by atoms with van der Waals surface area (Å²) in [5, 5.41) is 9.46. The number of hydrogen-bond donors (Lipinski definition) is 1. The van der Waals surface area contributed by atoms with Gasteiger partial charge >= 0.3 is 0 Å². The number of nitrogens with two attached hydrogens (primary N) is 1. The molecule has 0 atom stereocenters. The molecule has 14 heavy (non-hydrogen) atoms. The van der Waals surface area contributed by atoms with Gasteiger partial charge in [0.05, 0.1) is 12.6 Å². The first-order valence-corrected chi connectivity index (χ1v) is 5.72. The van der Waals surface area contributed by atoms with Gasteiger partial charge in [0.15, 0.2) is 12.7 Å². The lowest BCUT2D eigenvalue weighted by Crippen LogP contribution is -2.98. The van der Waals surface area contributed by atoms with Crippen molar-refractivity contribution in [3.63, 3.8) is 0 Å². The van der Waals surface area contributed by atoms with Gasteiger partial charge in [-0.3, -0.25) is 4.90 Å². The minimum absolute atomic E-state index is 0.496. The summed E-state index contributed by atoms with van der Waals surface area (Å²) in [6.07, 6.45) is 3.35. The van der Waals surface area contributed by atoms with Gasteiger partial charge in [0.2, 0.25) is 0 Å². The molecule has 0 bridgehead atoms. The number of rotatable bonds is 4. The summed E-state index contributed by atoms with van der Waals surface area (Å²) in [5.41, 5.74) is 0. The summed E-state index contributed by atoms with van der Waals surface area (Å²) < 4.78 is 5.95. The molecule has 0 amide bonds. The predicted octanol–water partition coefficient (Wildman–Crippen LogP) is -1.86. The quantitative estimate of drug-likeness (QED) is 0.543. The molecule has 0 saturated carbocycles. The van der Waals surface area contributed by atoms with Crippen LogP contribution >= 0.6 is 0 Å². The molecular formula is C10H22N2O2+2. The lowest BCUT2D eigenvalue weighted by atomic mass is 10.1. The van der Waals surface area contributed by atoms with Crippen molar-refractivity contribution in [1.29, 1.82) is 0 Å². The van der Waals surface area contributed by atoms with Crippen molar-refractivity contribution in [2.24, 2.45) is 0 Å². The maximum atomic E-state index is 7.16. The summed E-state index contributed by atoms with van der Waals surface area (Å²) in [7, 11) is 0. The van der Waals surface area contributed by atoms with E-state index in [1.807, 2.05) is 0 Å². The molecule has 2 aliphatic rings. The zero-order valence-electron chi connectivity index (χ0n) is 8.74. The molecule has 2 fully saturated rings. The van der Waals surface area contributed by atoms with Crippen LogP contribution in [-0.4, -0.2) is 61.5 Å². The number of ether oxygens (including phenoxy) is 1. The van der Waals surface area contributed by atoms with Crippen molar-refractivity contribution in [3.05, 3.63) is 0 Å². The topological polar surface area (TPSA) is 52.0 Å². The van der Waals surface area contributed by atoms with E-state index in [0.29, 0.717) is 18.8 Å². The van der Waals surface area contributed by atoms with E-state index in [1.165, 1.54) is 0 Å². The van der Waals surface area contributed by atoms with Crippen LogP contribution in [0.15, 0.2) is 0 Å². The fourth-order valence-electron chi connectivity index (χ4n) is 2.11. The highest BCUT2D eigenvalue weighted by atomic mass is 16.5. The molecule has 0 aliphatic carbocycles. The van der Waals surface area contributed by atoms with Crippen LogP contribution in [0.5, 0.6) is 0 Å². The van der Waals surface area contributed by atoms with E-state index >= 15 is 0 Å². The third-order valence-electron chi connectivity index (χ3n) is 3.21. The number of likely N-dealkylation sites (tertiary alicyclic amines) is 1. The van der Waals surface area contributed by atoms with Gasteiger partial charge < -0.3 is 15.2 Å². The summed E-state index contributed by atoms with van der Waals surface area (Å²) in [4.78, 5) is 2.37. The average molecular weight is 202 g/mol. The number of hydrogen-bond acceptors (Lipinski definition) is 2. The van der Waals surface area contributed by atoms with Gasteiger partial charge in [-0.2, -0.15) is 0 Å². The second-order valence-corrected chi connectivity index (χ2v) is 4.31. The lowest BCUT2D eigenvalue weighted by molar-refractivity contribution is -0.725. The minimum atomic E-state index is 0.496. The summed E-state index contributed by atoms with van der Waals surface area (Å²) in [5.74, 6) is 0. The van der Waals surface area contributed by atoms with Gasteiger partial charge in [-0.05, 0) is 12.8 Å². The molecule has 0 aromatic carbocycles. The normalized spacial score (nSPS) is 26.4. The highest BCUT2D eigenvalue weighted by molar-refractivity contribution is 4.74. The molecule has 2 heterocycles. The van der Waals surface area contributed by atoms with Gasteiger partial charge in [0, 0.05) is 13.1 Å². The molecule has 2 aliphatic heterocycles. The largest absolute Gasteiger partial charge is 0.444 e. The Hall–Kier alpha value is -0.160. The zero-order valence-corrected chi connectivity index (χ0v) is 8.74. The molecule has 0 radical (unpaired) electrons. The Morgan fingerprint density at radius 3 is 2.43 bits per heavy atom. The molecule has 0 unspecified atom stereocenters. The van der Waals surface area contributed by atoms with Crippen LogP contribution < -0.4 is 5.32 Å². The number of nitrogens with zero attached hydrogens (tertiary/aromatic N) is 1. The van der Waals surface area contributed by atoms with Gasteiger partial charge in [0.25, 0.3) is 0 Å². The van der Waals surface area contributed by atoms with Gasteiger partial charge in [-0.25, -0.2) is 0 Å². The Morgan fingerprint density at radius 2 is 1.93 bits per heavy atom. The highest BCUT2D eigenvalue weighted by Gasteiger charge is 2.28. The molecule has 2 saturated heterocycles. The SMILES string of the molecule is [OH2+]CCN1CCC(OC2C[NH2+]C2)CC1. The Bertz CT molecular complexity index is 166. The highest BCUT2D eigenvalue weighted by Crippen LogP contribution is 2.15. The first-order valence-electron chi connectivity index (χ1n) is 5.72. The molecule has 0 aromatic heterocycles. The zero-order chi connectivity index (χ0) is 9.80. The predicted molar refractivity (Wildman–Crippen MR) is 54.5 cm³/mol. The van der Waals surface area contributed by atoms with Crippen molar-refractivity contribution in [1.82, 2.24) is 4.90 Å². The molecule has 4 N–H and O–H groups in total. The van der Waals surface area contributed by atoms with Gasteiger partial charge in [-0.1, -0.05) is 0 Å². The Morgan fingerprint density at radius 1 is 1.21 bits per heavy atom. The lowest BCUT2D eigenvalue weighted by Gasteiger charge is -2.34. The second-order valence-electron chi connectivity index (χ2n) is 4.31. The van der Waals surface area contributed by atoms with Crippen LogP contribution in [0.1, 0.15) is 12.8 Å². The molecule has 4 heteroatoms. The number of piperidine rings is 1. The van der Waals surface area contributed by atoms with E-state index in [0.717, 1.165) is 45.6 Å². The van der Waals surface area contributed by atoms with E-state index < -0.39 is 0 Å². The molecule has 2 rings (SSSR count). The average Bonchev–Trinajstić information content (AvgIpc) is 2.14. The van der Waals surface area contributed by atoms with E-state index in [2.05, 4.69) is 10.2 Å². The second kappa shape index (κ2) is 5.07. The monoisotopic (exact) mass is 202 g/mol. The van der Waals surface area contributed by atoms with Crippen molar-refractivity contribution in [2.75, 3.05) is 39.3 Å². The van der Waals surface area contributed by atoms with Crippen molar-refractivity contribution in [2.45, 2.75) is 25.0 Å². The number of quaternary nitrogens is 1. The summed E-state index contributed by atoms with van der Waals surface area (Å²) in [6, 6.07) is 0. The molecule has 82 valence electrons. The van der Waals surface area contributed by atoms with Crippen LogP contribution in [0.3, 0.4) is 0 Å². The first kappa shape index (κ1) is 10.4. The van der Waals surface area contributed by atoms with Crippen LogP contribution in [0.4, 0.5) is 0 Å². The van der Waals surface area contributed by atoms with Crippen LogP contribution in [0.25, 0.3) is 0 Å². The fraction of sp³-hybridized carbons (Fsp3) is 1.00. The van der Waals surface area contributed by atoms with E-state index in [1.54, 1.807) is 0 Å². The maximum absolute atomic E-state index is 7.16. The van der Waals surface area contributed by atoms with Crippen molar-refractivity contribution in [3.8, 4) is 0 Å². The third kappa shape index (κ3) is 2.67. The molecule has 0 spiro atoms. The van der Waals surface area contributed by atoms with Crippen molar-refractivity contribution < 1.29 is 15.2 Å². The van der Waals surface area contributed by atoms with Crippen LogP contribution in [0.2, 0.25) is 0 Å². The standard InChI is InChI=1S/C10H20N2O2/c13-6-5-12-3-1-9(2-4-12)14-10-7-11-8-10/h9-11,13H,1-8H2/p+2. The first-order chi connectivity index (χ1) is 6.88. The maximum Gasteiger partial charge on any atom is 0.156 e. The third-order valence-corrected chi connectivity index (χ3v) is 3.21. The summed E-state index contributed by atoms with van der Waals surface area (Å²) in [6.45, 7) is 6.03. The fourth-order valence-corrected chi connectivity index (χ4v) is 2.11. The van der Waals surface area contributed by atoms with Crippen molar-refractivity contribution >= 4 is 0 Å². The Labute approximate surface area is 85.2 Å². The molecular weight excluding hydrogens is 180 g/mol. The minimum Gasteiger partial charge on any atom is -0.444 e. The molecule has 0 aromatic rings. The van der Waals surface area contributed by atoms with Gasteiger partial charge in [0.1, 0.15) is 13.1 Å². The van der Waals surface area contributed by atoms with Crippen LogP contribution in [0, 0.1) is 0 Å². The summed E-state index contributed by atoms with van der Waals surface area (Å²) >= 11 is 0.